The molecule has 1 fully saturated rings. The second-order valence-electron chi connectivity index (χ2n) is 7.14. The van der Waals surface area contributed by atoms with Crippen molar-refractivity contribution in [2.24, 2.45) is 5.41 Å². The summed E-state index contributed by atoms with van der Waals surface area (Å²) in [5.41, 5.74) is 0.672. The van der Waals surface area contributed by atoms with Crippen molar-refractivity contribution in [3.8, 4) is 12.3 Å². The minimum absolute atomic E-state index is 0.0606. The van der Waals surface area contributed by atoms with E-state index >= 15 is 0 Å². The lowest BCUT2D eigenvalue weighted by atomic mass is 9.82. The molecule has 2 atom stereocenters. The fraction of sp³-hybridized carbons (Fsp3) is 0.556. The molecule has 1 heterocycles. The number of hydrogen-bond acceptors (Lipinski definition) is 3. The van der Waals surface area contributed by atoms with Gasteiger partial charge in [0.05, 0.1) is 17.1 Å². The molecule has 0 aromatic heterocycles. The molecule has 0 amide bonds. The Kier molecular flexibility index (Phi) is 6.70. The van der Waals surface area contributed by atoms with Crippen LogP contribution in [0.15, 0.2) is 18.2 Å². The van der Waals surface area contributed by atoms with E-state index in [1.807, 2.05) is 6.07 Å². The van der Waals surface area contributed by atoms with E-state index in [-0.39, 0.29) is 30.8 Å². The molecular weight excluding hydrogens is 361 g/mol. The largest absolute Gasteiger partial charge is 0.361 e. The summed E-state index contributed by atoms with van der Waals surface area (Å²) in [5, 5.41) is 5.95. The predicted molar refractivity (Wildman–Crippen MR) is 100 cm³/mol. The second kappa shape index (κ2) is 8.37. The highest BCUT2D eigenvalue weighted by molar-refractivity contribution is 6.35. The smallest absolute Gasteiger partial charge is 0.280 e. The normalized spacial score (nSPS) is 17.4. The van der Waals surface area contributed by atoms with Crippen molar-refractivity contribution >= 4 is 23.2 Å². The summed E-state index contributed by atoms with van der Waals surface area (Å²) in [4.78, 5) is 13.1. The number of nitrogens with one attached hydrogen (secondary N) is 1. The van der Waals surface area contributed by atoms with Crippen molar-refractivity contribution in [2.75, 3.05) is 19.9 Å². The molecule has 0 radical (unpaired) electrons. The van der Waals surface area contributed by atoms with Crippen LogP contribution < -0.4 is 5.32 Å². The zero-order valence-corrected chi connectivity index (χ0v) is 16.3. The molecule has 1 aliphatic heterocycles. The molecule has 1 aromatic rings. The van der Waals surface area contributed by atoms with Gasteiger partial charge in [-0.3, -0.25) is 0 Å². The Hall–Kier alpha value is -1.32. The van der Waals surface area contributed by atoms with Gasteiger partial charge < -0.3 is 4.74 Å². The zero-order chi connectivity index (χ0) is 18.6. The monoisotopic (exact) mass is 384 g/mol. The fourth-order valence-electron chi connectivity index (χ4n) is 3.02. The highest BCUT2D eigenvalue weighted by Crippen LogP contribution is 2.37. The van der Waals surface area contributed by atoms with Crippen LogP contribution in [0, 0.1) is 22.7 Å². The number of hydrogen-bond donors (Lipinski definition) is 1. The SMILES string of the molecule is C#CCOC(CC(N1CNC[N+]1=O)C(C)(C)C)c1ccc(Cl)cc1Cl. The van der Waals surface area contributed by atoms with Crippen molar-refractivity contribution in [1.82, 2.24) is 10.3 Å². The van der Waals surface area contributed by atoms with Crippen LogP contribution in [0.3, 0.4) is 0 Å². The van der Waals surface area contributed by atoms with Gasteiger partial charge in [-0.15, -0.1) is 11.4 Å². The lowest BCUT2D eigenvalue weighted by Crippen LogP contribution is -2.47. The van der Waals surface area contributed by atoms with E-state index in [1.165, 1.54) is 0 Å². The first kappa shape index (κ1) is 20.0. The minimum Gasteiger partial charge on any atom is -0.361 e. The lowest BCUT2D eigenvalue weighted by Gasteiger charge is -2.35. The van der Waals surface area contributed by atoms with Crippen LogP contribution in [0.2, 0.25) is 10.0 Å². The summed E-state index contributed by atoms with van der Waals surface area (Å²) < 4.78 is 5.89. The molecule has 1 aliphatic rings. The van der Waals surface area contributed by atoms with Gasteiger partial charge in [-0.05, 0) is 23.1 Å². The third kappa shape index (κ3) is 5.08. The maximum Gasteiger partial charge on any atom is 0.280 e. The van der Waals surface area contributed by atoms with E-state index in [0.29, 0.717) is 23.1 Å². The van der Waals surface area contributed by atoms with Crippen molar-refractivity contribution in [3.63, 3.8) is 0 Å². The zero-order valence-electron chi connectivity index (χ0n) is 14.8. The summed E-state index contributed by atoms with van der Waals surface area (Å²) in [6, 6.07) is 5.25. The first-order chi connectivity index (χ1) is 11.7. The Morgan fingerprint density at radius 3 is 2.68 bits per heavy atom. The van der Waals surface area contributed by atoms with Crippen molar-refractivity contribution in [3.05, 3.63) is 38.7 Å². The van der Waals surface area contributed by atoms with Gasteiger partial charge in [0.2, 0.25) is 0 Å². The Morgan fingerprint density at radius 1 is 1.44 bits per heavy atom. The molecule has 136 valence electrons. The molecule has 1 aromatic carbocycles. The van der Waals surface area contributed by atoms with Crippen LogP contribution >= 0.6 is 23.2 Å². The molecule has 1 N–H and O–H groups in total. The molecule has 0 aliphatic carbocycles. The van der Waals surface area contributed by atoms with E-state index in [1.54, 1.807) is 17.1 Å². The van der Waals surface area contributed by atoms with E-state index < -0.39 is 0 Å². The number of benzene rings is 1. The number of nitroso groups, excluding NO2 is 1. The molecule has 2 rings (SSSR count). The Bertz CT molecular complexity index is 667. The van der Waals surface area contributed by atoms with Gasteiger partial charge in [0.1, 0.15) is 18.1 Å². The number of nitrogens with zero attached hydrogens (tertiary/aromatic N) is 2. The summed E-state index contributed by atoms with van der Waals surface area (Å²) in [5.74, 6) is 2.50. The van der Waals surface area contributed by atoms with Gasteiger partial charge in [0, 0.05) is 16.5 Å². The summed E-state index contributed by atoms with van der Waals surface area (Å²) in [6.07, 6.45) is 5.61. The van der Waals surface area contributed by atoms with Crippen LogP contribution in [0.5, 0.6) is 0 Å². The van der Waals surface area contributed by atoms with Crippen molar-refractivity contribution in [2.45, 2.75) is 39.3 Å². The second-order valence-corrected chi connectivity index (χ2v) is 7.99. The maximum atomic E-state index is 12.2. The standard InChI is InChI=1S/C18H24Cl2N3O2/c1-5-8-25-16(14-7-6-13(19)9-15(14)20)10-17(18(2,3)4)22-11-21-12-23(22)24/h1,6-7,9,16-17,21H,8,10-12H2,2-4H3/q+1. The molecular formula is C18H24Cl2N3O2+. The molecule has 25 heavy (non-hydrogen) atoms. The van der Waals surface area contributed by atoms with Gasteiger partial charge >= 0.3 is 0 Å². The molecule has 0 bridgehead atoms. The predicted octanol–water partition coefficient (Wildman–Crippen LogP) is 4.00. The third-order valence-corrected chi connectivity index (χ3v) is 4.84. The van der Waals surface area contributed by atoms with Crippen LogP contribution in [0.4, 0.5) is 0 Å². The van der Waals surface area contributed by atoms with E-state index in [0.717, 1.165) is 10.4 Å². The first-order valence-corrected chi connectivity index (χ1v) is 8.91. The van der Waals surface area contributed by atoms with Gasteiger partial charge in [-0.2, -0.15) is 0 Å². The van der Waals surface area contributed by atoms with Gasteiger partial charge in [-0.25, -0.2) is 5.32 Å². The van der Waals surface area contributed by atoms with Gasteiger partial charge in [-0.1, -0.05) is 56.0 Å². The highest BCUT2D eigenvalue weighted by atomic mass is 35.5. The lowest BCUT2D eigenvalue weighted by molar-refractivity contribution is -0.696. The maximum absolute atomic E-state index is 12.2. The molecule has 7 heteroatoms. The molecule has 5 nitrogen and oxygen atoms in total. The summed E-state index contributed by atoms with van der Waals surface area (Å²) in [7, 11) is 0. The molecule has 1 saturated heterocycles. The average molecular weight is 385 g/mol. The van der Waals surface area contributed by atoms with Crippen molar-refractivity contribution in [1.29, 1.82) is 0 Å². The highest BCUT2D eigenvalue weighted by Gasteiger charge is 2.43. The van der Waals surface area contributed by atoms with Gasteiger partial charge in [0.15, 0.2) is 0 Å². The Labute approximate surface area is 159 Å². The topological polar surface area (TPSA) is 44.6 Å². The number of rotatable bonds is 6. The van der Waals surface area contributed by atoms with E-state index in [4.69, 9.17) is 34.4 Å². The molecule has 0 saturated carbocycles. The van der Waals surface area contributed by atoms with Crippen LogP contribution in [0.25, 0.3) is 0 Å². The summed E-state index contributed by atoms with van der Waals surface area (Å²) >= 11 is 12.4. The summed E-state index contributed by atoms with van der Waals surface area (Å²) in [6.45, 7) is 7.26. The Morgan fingerprint density at radius 2 is 2.16 bits per heavy atom. The molecule has 0 spiro atoms. The minimum atomic E-state index is -0.334. The van der Waals surface area contributed by atoms with Crippen LogP contribution in [-0.4, -0.2) is 35.9 Å². The van der Waals surface area contributed by atoms with Gasteiger partial charge in [0.25, 0.3) is 6.67 Å². The quantitative estimate of drug-likeness (QED) is 0.594. The number of ether oxygens (including phenoxy) is 1. The number of hydrazine groups is 1. The number of halogens is 2. The Balaban J connectivity index is 2.32. The van der Waals surface area contributed by atoms with Crippen LogP contribution in [0.1, 0.15) is 38.9 Å². The number of terminal acetylenes is 1. The molecule has 2 unspecified atom stereocenters. The average Bonchev–Trinajstić information content (AvgIpc) is 2.93. The fourth-order valence-corrected chi connectivity index (χ4v) is 3.55. The first-order valence-electron chi connectivity index (χ1n) is 8.16. The third-order valence-electron chi connectivity index (χ3n) is 4.28. The van der Waals surface area contributed by atoms with E-state index in [9.17, 15) is 4.91 Å². The van der Waals surface area contributed by atoms with Crippen molar-refractivity contribution < 1.29 is 9.61 Å². The van der Waals surface area contributed by atoms with E-state index in [2.05, 4.69) is 32.0 Å². The van der Waals surface area contributed by atoms with Crippen LogP contribution in [-0.2, 0) is 4.74 Å².